The second-order valence-electron chi connectivity index (χ2n) is 5.26. The van der Waals surface area contributed by atoms with Crippen LogP contribution in [0.15, 0.2) is 18.2 Å². The third-order valence-corrected chi connectivity index (χ3v) is 3.95. The quantitative estimate of drug-likeness (QED) is 0.512. The van der Waals surface area contributed by atoms with Crippen LogP contribution >= 0.6 is 0 Å². The maximum atomic E-state index is 12.6. The summed E-state index contributed by atoms with van der Waals surface area (Å²) in [7, 11) is 1.57. The van der Waals surface area contributed by atoms with Crippen molar-refractivity contribution in [3.8, 4) is 5.75 Å². The van der Waals surface area contributed by atoms with Crippen LogP contribution < -0.4 is 15.8 Å². The van der Waals surface area contributed by atoms with Gasteiger partial charge in [-0.3, -0.25) is 4.79 Å². The molecule has 1 aromatic rings. The first kappa shape index (κ1) is 18.5. The molecule has 0 spiro atoms. The van der Waals surface area contributed by atoms with Gasteiger partial charge in [-0.05, 0) is 37.7 Å². The molecular formula is C17H29N3O2. The van der Waals surface area contributed by atoms with Gasteiger partial charge in [-0.1, -0.05) is 20.8 Å². The zero-order chi connectivity index (χ0) is 16.5. The molecule has 0 aliphatic rings. The van der Waals surface area contributed by atoms with Gasteiger partial charge in [0.1, 0.15) is 5.75 Å². The Bertz CT molecular complexity index is 473. The average molecular weight is 307 g/mol. The molecule has 0 aliphatic carbocycles. The Morgan fingerprint density at radius 1 is 1.32 bits per heavy atom. The molecule has 5 heteroatoms. The van der Waals surface area contributed by atoms with Gasteiger partial charge in [0.05, 0.1) is 18.8 Å². The molecule has 0 bridgehead atoms. The van der Waals surface area contributed by atoms with E-state index in [2.05, 4.69) is 24.1 Å². The fourth-order valence-electron chi connectivity index (χ4n) is 2.45. The van der Waals surface area contributed by atoms with E-state index in [9.17, 15) is 4.79 Å². The summed E-state index contributed by atoms with van der Waals surface area (Å²) in [6.45, 7) is 10.1. The fourth-order valence-corrected chi connectivity index (χ4v) is 2.45. The topological polar surface area (TPSA) is 67.6 Å². The molecule has 22 heavy (non-hydrogen) atoms. The van der Waals surface area contributed by atoms with Gasteiger partial charge in [-0.2, -0.15) is 0 Å². The van der Waals surface area contributed by atoms with E-state index in [0.717, 1.165) is 32.6 Å². The smallest absolute Gasteiger partial charge is 0.179 e. The molecule has 0 saturated heterocycles. The molecule has 0 amide bonds. The molecular weight excluding hydrogens is 278 g/mol. The van der Waals surface area contributed by atoms with Crippen LogP contribution in [0.2, 0.25) is 0 Å². The number of methoxy groups -OCH3 is 1. The first-order chi connectivity index (χ1) is 10.6. The summed E-state index contributed by atoms with van der Waals surface area (Å²) in [5, 5.41) is 3.35. The minimum atomic E-state index is -0.177. The lowest BCUT2D eigenvalue weighted by Crippen LogP contribution is -2.41. The number of Topliss-reactive ketones (excluding diaryl/α,β-unsaturated/α-hetero) is 1. The van der Waals surface area contributed by atoms with Gasteiger partial charge < -0.3 is 20.7 Å². The maximum Gasteiger partial charge on any atom is 0.179 e. The van der Waals surface area contributed by atoms with E-state index < -0.39 is 0 Å². The minimum Gasteiger partial charge on any atom is -0.495 e. The number of ether oxygens (including phenoxy) is 1. The highest BCUT2D eigenvalue weighted by molar-refractivity contribution is 6.01. The summed E-state index contributed by atoms with van der Waals surface area (Å²) in [6, 6.07) is 5.02. The standard InChI is InChI=1S/C17H29N3O2/c1-5-15(19-10-11-20(6-2)7-3)17(21)13-8-9-16(22-4)14(18)12-13/h8-9,12,15,19H,5-7,10-11,18H2,1-4H3. The number of nitrogens with zero attached hydrogens (tertiary/aromatic N) is 1. The van der Waals surface area contributed by atoms with E-state index >= 15 is 0 Å². The highest BCUT2D eigenvalue weighted by atomic mass is 16.5. The Morgan fingerprint density at radius 3 is 2.50 bits per heavy atom. The van der Waals surface area contributed by atoms with E-state index in [0.29, 0.717) is 17.0 Å². The number of benzene rings is 1. The average Bonchev–Trinajstić information content (AvgIpc) is 2.54. The van der Waals surface area contributed by atoms with Crippen LogP contribution in [-0.2, 0) is 0 Å². The first-order valence-corrected chi connectivity index (χ1v) is 8.00. The molecule has 5 nitrogen and oxygen atoms in total. The third-order valence-electron chi connectivity index (χ3n) is 3.95. The first-order valence-electron chi connectivity index (χ1n) is 8.00. The van der Waals surface area contributed by atoms with Crippen molar-refractivity contribution in [2.24, 2.45) is 0 Å². The number of hydrogen-bond acceptors (Lipinski definition) is 5. The van der Waals surface area contributed by atoms with Crippen LogP contribution in [0.1, 0.15) is 37.6 Å². The lowest BCUT2D eigenvalue weighted by atomic mass is 10.0. The predicted molar refractivity (Wildman–Crippen MR) is 91.6 cm³/mol. The van der Waals surface area contributed by atoms with Crippen LogP contribution in [-0.4, -0.2) is 50.0 Å². The number of anilines is 1. The van der Waals surface area contributed by atoms with Crippen molar-refractivity contribution in [1.29, 1.82) is 0 Å². The number of rotatable bonds is 10. The molecule has 0 fully saturated rings. The number of carbonyl (C=O) groups is 1. The van der Waals surface area contributed by atoms with Crippen molar-refractivity contribution in [3.63, 3.8) is 0 Å². The fraction of sp³-hybridized carbons (Fsp3) is 0.588. The lowest BCUT2D eigenvalue weighted by Gasteiger charge is -2.21. The highest BCUT2D eigenvalue weighted by Crippen LogP contribution is 2.22. The zero-order valence-electron chi connectivity index (χ0n) is 14.2. The molecule has 0 aromatic heterocycles. The molecule has 124 valence electrons. The third kappa shape index (κ3) is 5.00. The van der Waals surface area contributed by atoms with Gasteiger partial charge >= 0.3 is 0 Å². The Labute approximate surface area is 133 Å². The van der Waals surface area contributed by atoms with Crippen LogP contribution in [0.25, 0.3) is 0 Å². The van der Waals surface area contributed by atoms with Crippen LogP contribution in [0.4, 0.5) is 5.69 Å². The predicted octanol–water partition coefficient (Wildman–Crippen LogP) is 2.17. The molecule has 0 aliphatic heterocycles. The summed E-state index contributed by atoms with van der Waals surface area (Å²) in [4.78, 5) is 14.9. The number of ketones is 1. The molecule has 1 unspecified atom stereocenters. The number of nitrogens with two attached hydrogens (primary N) is 1. The van der Waals surface area contributed by atoms with Gasteiger partial charge in [-0.25, -0.2) is 0 Å². The summed E-state index contributed by atoms with van der Waals surface area (Å²) >= 11 is 0. The van der Waals surface area contributed by atoms with Crippen molar-refractivity contribution in [2.45, 2.75) is 33.2 Å². The van der Waals surface area contributed by atoms with E-state index in [-0.39, 0.29) is 11.8 Å². The van der Waals surface area contributed by atoms with E-state index in [4.69, 9.17) is 10.5 Å². The molecule has 0 heterocycles. The van der Waals surface area contributed by atoms with Gasteiger partial charge in [0.15, 0.2) is 5.78 Å². The van der Waals surface area contributed by atoms with Gasteiger partial charge in [0.2, 0.25) is 0 Å². The summed E-state index contributed by atoms with van der Waals surface area (Å²) < 4.78 is 5.13. The second kappa shape index (κ2) is 9.43. The van der Waals surface area contributed by atoms with E-state index in [1.54, 1.807) is 25.3 Å². The van der Waals surface area contributed by atoms with Gasteiger partial charge in [-0.15, -0.1) is 0 Å². The van der Waals surface area contributed by atoms with Crippen LogP contribution in [0.3, 0.4) is 0 Å². The molecule has 0 radical (unpaired) electrons. The second-order valence-corrected chi connectivity index (χ2v) is 5.26. The number of nitrogen functional groups attached to an aromatic ring is 1. The normalized spacial score (nSPS) is 12.4. The number of hydrogen-bond donors (Lipinski definition) is 2. The highest BCUT2D eigenvalue weighted by Gasteiger charge is 2.18. The minimum absolute atomic E-state index is 0.0800. The lowest BCUT2D eigenvalue weighted by molar-refractivity contribution is 0.0938. The van der Waals surface area contributed by atoms with Crippen molar-refractivity contribution in [2.75, 3.05) is 39.0 Å². The molecule has 1 atom stereocenters. The SMILES string of the molecule is CCC(NCCN(CC)CC)C(=O)c1ccc(OC)c(N)c1. The van der Waals surface area contributed by atoms with Crippen molar-refractivity contribution in [1.82, 2.24) is 10.2 Å². The molecule has 1 aromatic carbocycles. The summed E-state index contributed by atoms with van der Waals surface area (Å²) in [5.74, 6) is 0.676. The number of carbonyl (C=O) groups excluding carboxylic acids is 1. The van der Waals surface area contributed by atoms with Crippen molar-refractivity contribution >= 4 is 11.5 Å². The maximum absolute atomic E-state index is 12.6. The Balaban J connectivity index is 2.66. The number of nitrogens with one attached hydrogen (secondary N) is 1. The monoisotopic (exact) mass is 307 g/mol. The Kier molecular flexibility index (Phi) is 7.91. The van der Waals surface area contributed by atoms with Crippen LogP contribution in [0.5, 0.6) is 5.75 Å². The largest absolute Gasteiger partial charge is 0.495 e. The Hall–Kier alpha value is -1.59. The Morgan fingerprint density at radius 2 is 2.00 bits per heavy atom. The molecule has 0 saturated carbocycles. The van der Waals surface area contributed by atoms with Crippen molar-refractivity contribution in [3.05, 3.63) is 23.8 Å². The summed E-state index contributed by atoms with van der Waals surface area (Å²) in [5.41, 5.74) is 7.00. The zero-order valence-corrected chi connectivity index (χ0v) is 14.2. The van der Waals surface area contributed by atoms with E-state index in [1.807, 2.05) is 6.92 Å². The van der Waals surface area contributed by atoms with Gasteiger partial charge in [0.25, 0.3) is 0 Å². The van der Waals surface area contributed by atoms with Gasteiger partial charge in [0, 0.05) is 18.7 Å². The molecule has 3 N–H and O–H groups in total. The van der Waals surface area contributed by atoms with E-state index in [1.165, 1.54) is 0 Å². The van der Waals surface area contributed by atoms with Crippen LogP contribution in [0, 0.1) is 0 Å². The van der Waals surface area contributed by atoms with Crippen molar-refractivity contribution < 1.29 is 9.53 Å². The number of likely N-dealkylation sites (N-methyl/N-ethyl adjacent to an activating group) is 1. The molecule has 1 rings (SSSR count). The summed E-state index contributed by atoms with van der Waals surface area (Å²) in [6.07, 6.45) is 0.753.